The molecule has 0 spiro atoms. The van der Waals surface area contributed by atoms with Gasteiger partial charge in [-0.2, -0.15) is 0 Å². The van der Waals surface area contributed by atoms with Crippen LogP contribution in [0.2, 0.25) is 0 Å². The number of aliphatic hydroxyl groups excluding tert-OH is 1. The van der Waals surface area contributed by atoms with Crippen molar-refractivity contribution in [3.8, 4) is 0 Å². The number of aliphatic hydroxyl groups is 1. The second-order valence-electron chi connectivity index (χ2n) is 4.75. The van der Waals surface area contributed by atoms with Crippen LogP contribution in [0, 0.1) is 11.3 Å². The summed E-state index contributed by atoms with van der Waals surface area (Å²) in [4.78, 5) is 2.92. The van der Waals surface area contributed by atoms with Crippen LogP contribution in [-0.2, 0) is 6.42 Å². The van der Waals surface area contributed by atoms with Crippen molar-refractivity contribution in [1.82, 2.24) is 0 Å². The van der Waals surface area contributed by atoms with E-state index in [0.717, 1.165) is 6.42 Å². The number of hydrogen-bond acceptors (Lipinski definition) is 2. The van der Waals surface area contributed by atoms with E-state index >= 15 is 0 Å². The van der Waals surface area contributed by atoms with Crippen molar-refractivity contribution in [1.29, 1.82) is 0 Å². The van der Waals surface area contributed by atoms with Gasteiger partial charge in [-0.25, -0.2) is 0 Å². The number of rotatable bonds is 3. The third-order valence-corrected chi connectivity index (χ3v) is 4.90. The Balaban J connectivity index is 2.18. The third kappa shape index (κ3) is 1.41. The molecular weight excluding hydrogens is 192 g/mol. The van der Waals surface area contributed by atoms with Crippen molar-refractivity contribution in [3.05, 3.63) is 21.9 Å². The Bertz CT molecular complexity index is 327. The van der Waals surface area contributed by atoms with Crippen LogP contribution in [-0.4, -0.2) is 11.7 Å². The zero-order valence-electron chi connectivity index (χ0n) is 9.08. The van der Waals surface area contributed by atoms with Crippen LogP contribution < -0.4 is 0 Å². The van der Waals surface area contributed by atoms with Gasteiger partial charge < -0.3 is 5.11 Å². The van der Waals surface area contributed by atoms with Crippen molar-refractivity contribution in [2.24, 2.45) is 11.3 Å². The van der Waals surface area contributed by atoms with E-state index in [1.807, 2.05) is 11.3 Å². The Morgan fingerprint density at radius 1 is 1.43 bits per heavy atom. The minimum Gasteiger partial charge on any atom is -0.396 e. The molecule has 1 heterocycles. The zero-order valence-corrected chi connectivity index (χ0v) is 9.90. The molecule has 0 saturated heterocycles. The van der Waals surface area contributed by atoms with Crippen molar-refractivity contribution < 1.29 is 5.11 Å². The van der Waals surface area contributed by atoms with E-state index in [0.29, 0.717) is 23.9 Å². The molecule has 1 aliphatic rings. The van der Waals surface area contributed by atoms with Crippen molar-refractivity contribution in [2.75, 3.05) is 6.61 Å². The van der Waals surface area contributed by atoms with Gasteiger partial charge in [0, 0.05) is 22.3 Å². The van der Waals surface area contributed by atoms with Crippen LogP contribution >= 0.6 is 11.3 Å². The summed E-state index contributed by atoms with van der Waals surface area (Å²) in [6.45, 7) is 7.03. The fourth-order valence-corrected chi connectivity index (χ4v) is 3.72. The molecule has 0 aliphatic heterocycles. The minimum atomic E-state index is 0.310. The van der Waals surface area contributed by atoms with Gasteiger partial charge in [0.25, 0.3) is 0 Å². The van der Waals surface area contributed by atoms with Crippen LogP contribution in [0.25, 0.3) is 0 Å². The van der Waals surface area contributed by atoms with Crippen molar-refractivity contribution >= 4 is 11.3 Å². The van der Waals surface area contributed by atoms with Crippen LogP contribution in [0.1, 0.15) is 36.4 Å². The molecule has 1 N–H and O–H groups in total. The maximum absolute atomic E-state index is 9.24. The predicted molar refractivity (Wildman–Crippen MR) is 60.8 cm³/mol. The number of aryl methyl sites for hydroxylation is 1. The Morgan fingerprint density at radius 3 is 2.57 bits per heavy atom. The lowest BCUT2D eigenvalue weighted by molar-refractivity contribution is 0.257. The highest BCUT2D eigenvalue weighted by atomic mass is 32.1. The van der Waals surface area contributed by atoms with Gasteiger partial charge in [0.05, 0.1) is 0 Å². The quantitative estimate of drug-likeness (QED) is 0.813. The van der Waals surface area contributed by atoms with Gasteiger partial charge in [-0.1, -0.05) is 20.8 Å². The average molecular weight is 210 g/mol. The minimum absolute atomic E-state index is 0.310. The Hall–Kier alpha value is -0.340. The molecule has 2 heteroatoms. The zero-order chi connectivity index (χ0) is 10.3. The summed E-state index contributed by atoms with van der Waals surface area (Å²) >= 11 is 1.91. The van der Waals surface area contributed by atoms with E-state index in [9.17, 15) is 5.11 Å². The van der Waals surface area contributed by atoms with Crippen molar-refractivity contribution in [3.63, 3.8) is 0 Å². The van der Waals surface area contributed by atoms with Gasteiger partial charge in [0.2, 0.25) is 0 Å². The van der Waals surface area contributed by atoms with Gasteiger partial charge >= 0.3 is 0 Å². The summed E-state index contributed by atoms with van der Waals surface area (Å²) in [7, 11) is 0. The highest BCUT2D eigenvalue weighted by Crippen LogP contribution is 2.65. The molecule has 2 unspecified atom stereocenters. The molecule has 1 aliphatic carbocycles. The lowest BCUT2D eigenvalue weighted by atomic mass is 10.1. The van der Waals surface area contributed by atoms with Crippen molar-refractivity contribution in [2.45, 2.75) is 33.1 Å². The lowest BCUT2D eigenvalue weighted by Gasteiger charge is -1.98. The second kappa shape index (κ2) is 3.35. The SMILES string of the molecule is CCc1ccc(C2C(CO)C2(C)C)s1. The molecule has 0 radical (unpaired) electrons. The first-order valence-electron chi connectivity index (χ1n) is 5.30. The maximum Gasteiger partial charge on any atom is 0.0470 e. The van der Waals surface area contributed by atoms with E-state index in [4.69, 9.17) is 0 Å². The molecule has 14 heavy (non-hydrogen) atoms. The molecule has 0 bridgehead atoms. The smallest absolute Gasteiger partial charge is 0.0470 e. The first kappa shape index (κ1) is 10.2. The first-order chi connectivity index (χ1) is 6.61. The summed E-state index contributed by atoms with van der Waals surface area (Å²) in [5.41, 5.74) is 0.310. The monoisotopic (exact) mass is 210 g/mol. The summed E-state index contributed by atoms with van der Waals surface area (Å²) < 4.78 is 0. The van der Waals surface area contributed by atoms with Gasteiger partial charge in [-0.05, 0) is 29.9 Å². The fraction of sp³-hybridized carbons (Fsp3) is 0.667. The lowest BCUT2D eigenvalue weighted by Crippen LogP contribution is -1.93. The highest BCUT2D eigenvalue weighted by molar-refractivity contribution is 7.12. The standard InChI is InChI=1S/C12H18OS/c1-4-8-5-6-10(14-8)11-9(7-13)12(11,2)3/h5-6,9,11,13H,4,7H2,1-3H3. The first-order valence-corrected chi connectivity index (χ1v) is 6.12. The van der Waals surface area contributed by atoms with E-state index in [2.05, 4.69) is 32.9 Å². The largest absolute Gasteiger partial charge is 0.396 e. The molecule has 1 fully saturated rings. The molecule has 2 atom stereocenters. The van der Waals surface area contributed by atoms with Crippen LogP contribution in [0.3, 0.4) is 0 Å². The normalized spacial score (nSPS) is 29.1. The van der Waals surface area contributed by atoms with E-state index < -0.39 is 0 Å². The van der Waals surface area contributed by atoms with E-state index in [1.54, 1.807) is 0 Å². The second-order valence-corrected chi connectivity index (χ2v) is 5.95. The summed E-state index contributed by atoms with van der Waals surface area (Å²) in [6.07, 6.45) is 1.13. The summed E-state index contributed by atoms with van der Waals surface area (Å²) in [5, 5.41) is 9.24. The van der Waals surface area contributed by atoms with Gasteiger partial charge in [0.15, 0.2) is 0 Å². The number of hydrogen-bond donors (Lipinski definition) is 1. The summed E-state index contributed by atoms with van der Waals surface area (Å²) in [5.74, 6) is 1.07. The molecule has 2 rings (SSSR count). The topological polar surface area (TPSA) is 20.2 Å². The predicted octanol–water partition coefficient (Wildman–Crippen LogP) is 3.04. The molecule has 0 aromatic carbocycles. The van der Waals surface area contributed by atoms with Gasteiger partial charge in [0.1, 0.15) is 0 Å². The molecule has 1 nitrogen and oxygen atoms in total. The van der Waals surface area contributed by atoms with E-state index in [-0.39, 0.29) is 0 Å². The third-order valence-electron chi connectivity index (χ3n) is 3.58. The van der Waals surface area contributed by atoms with Gasteiger partial charge in [-0.15, -0.1) is 11.3 Å². The Morgan fingerprint density at radius 2 is 2.14 bits per heavy atom. The molecule has 1 saturated carbocycles. The molecular formula is C12H18OS. The van der Waals surface area contributed by atoms with Gasteiger partial charge in [-0.3, -0.25) is 0 Å². The molecule has 1 aromatic heterocycles. The fourth-order valence-electron chi connectivity index (χ4n) is 2.40. The summed E-state index contributed by atoms with van der Waals surface area (Å²) in [6, 6.07) is 4.47. The van der Waals surface area contributed by atoms with E-state index in [1.165, 1.54) is 9.75 Å². The Labute approximate surface area is 89.8 Å². The van der Waals surface area contributed by atoms with Crippen LogP contribution in [0.15, 0.2) is 12.1 Å². The number of thiophene rings is 1. The van der Waals surface area contributed by atoms with Crippen LogP contribution in [0.5, 0.6) is 0 Å². The maximum atomic E-state index is 9.24. The highest BCUT2D eigenvalue weighted by Gasteiger charge is 2.58. The van der Waals surface area contributed by atoms with Crippen LogP contribution in [0.4, 0.5) is 0 Å². The molecule has 78 valence electrons. The average Bonchev–Trinajstić information content (AvgIpc) is 2.55. The molecule has 1 aromatic rings. The molecule has 0 amide bonds. The Kier molecular flexibility index (Phi) is 2.44.